The van der Waals surface area contributed by atoms with E-state index in [2.05, 4.69) is 41.0 Å². The molecule has 2 N–H and O–H groups in total. The van der Waals surface area contributed by atoms with E-state index in [1.54, 1.807) is 24.5 Å². The minimum Gasteiger partial charge on any atom is -0.350 e. The molecule has 1 unspecified atom stereocenters. The molecule has 2 heterocycles. The molecule has 178 valence electrons. The normalized spacial score (nSPS) is 12.1. The maximum Gasteiger partial charge on any atom is 0.279 e. The van der Waals surface area contributed by atoms with Gasteiger partial charge in [-0.3, -0.25) is 19.5 Å². The summed E-state index contributed by atoms with van der Waals surface area (Å²) in [5, 5.41) is 2.99. The molecule has 0 aliphatic rings. The maximum atomic E-state index is 13.7. The number of hydrogen-bond acceptors (Lipinski definition) is 4. The summed E-state index contributed by atoms with van der Waals surface area (Å²) in [6.45, 7) is 6.72. The molecule has 7 heteroatoms. The summed E-state index contributed by atoms with van der Waals surface area (Å²) in [5.74, 6) is -0.705. The third-order valence-electron chi connectivity index (χ3n) is 5.76. The molecule has 0 aliphatic heterocycles. The Morgan fingerprint density at radius 2 is 1.74 bits per heavy atom. The topological polar surface area (TPSA) is 91.0 Å². The Morgan fingerprint density at radius 1 is 1.00 bits per heavy atom. The van der Waals surface area contributed by atoms with Crippen molar-refractivity contribution in [2.75, 3.05) is 4.90 Å². The van der Waals surface area contributed by atoms with Crippen LogP contribution in [0, 0.1) is 0 Å². The summed E-state index contributed by atoms with van der Waals surface area (Å²) in [7, 11) is 0. The van der Waals surface area contributed by atoms with Crippen molar-refractivity contribution in [2.24, 2.45) is 0 Å². The fourth-order valence-electron chi connectivity index (χ4n) is 3.84. The molecule has 0 fully saturated rings. The van der Waals surface area contributed by atoms with E-state index in [9.17, 15) is 9.59 Å². The number of carbonyl (C=O) groups excluding carboxylic acids is 2. The Kier molecular flexibility index (Phi) is 7.06. The van der Waals surface area contributed by atoms with Gasteiger partial charge in [-0.2, -0.15) is 0 Å². The summed E-state index contributed by atoms with van der Waals surface area (Å²) < 4.78 is 0. The minimum absolute atomic E-state index is 0.0502. The number of pyridine rings is 1. The summed E-state index contributed by atoms with van der Waals surface area (Å²) in [5.41, 5.74) is 3.45. The van der Waals surface area contributed by atoms with Gasteiger partial charge < -0.3 is 10.3 Å². The van der Waals surface area contributed by atoms with E-state index >= 15 is 0 Å². The van der Waals surface area contributed by atoms with E-state index in [1.807, 2.05) is 54.6 Å². The molecule has 0 bridgehead atoms. The van der Waals surface area contributed by atoms with Crippen LogP contribution in [0.25, 0.3) is 0 Å². The van der Waals surface area contributed by atoms with Crippen molar-refractivity contribution < 1.29 is 9.59 Å². The van der Waals surface area contributed by atoms with Gasteiger partial charge in [0.05, 0.1) is 6.33 Å². The Morgan fingerprint density at radius 3 is 2.34 bits per heavy atom. The number of rotatable bonds is 7. The van der Waals surface area contributed by atoms with Crippen LogP contribution in [0.2, 0.25) is 0 Å². The average Bonchev–Trinajstić information content (AvgIpc) is 3.41. The largest absolute Gasteiger partial charge is 0.350 e. The van der Waals surface area contributed by atoms with Gasteiger partial charge in [0.15, 0.2) is 0 Å². The number of amides is 2. The second-order valence-corrected chi connectivity index (χ2v) is 9.32. The van der Waals surface area contributed by atoms with E-state index in [0.29, 0.717) is 17.8 Å². The lowest BCUT2D eigenvalue weighted by Gasteiger charge is -2.31. The van der Waals surface area contributed by atoms with Crippen molar-refractivity contribution in [1.29, 1.82) is 0 Å². The molecule has 0 spiro atoms. The maximum absolute atomic E-state index is 13.7. The van der Waals surface area contributed by atoms with E-state index < -0.39 is 11.9 Å². The lowest BCUT2D eigenvalue weighted by Crippen LogP contribution is -2.44. The molecule has 1 atom stereocenters. The van der Waals surface area contributed by atoms with Gasteiger partial charge in [0.2, 0.25) is 5.91 Å². The van der Waals surface area contributed by atoms with Gasteiger partial charge in [0, 0.05) is 36.4 Å². The Balaban J connectivity index is 1.76. The smallest absolute Gasteiger partial charge is 0.279 e. The van der Waals surface area contributed by atoms with Crippen LogP contribution in [0.4, 0.5) is 5.69 Å². The predicted octanol–water partition coefficient (Wildman–Crippen LogP) is 4.81. The number of aromatic amines is 1. The van der Waals surface area contributed by atoms with Crippen molar-refractivity contribution in [2.45, 2.75) is 38.8 Å². The SMILES string of the molecule is CC(C)(C)c1ccc(N(C(=O)c2c[nH]cn2)C(C(=O)NCc2ccccc2)c2cccnc2)cc1. The van der Waals surface area contributed by atoms with E-state index in [-0.39, 0.29) is 17.0 Å². The summed E-state index contributed by atoms with van der Waals surface area (Å²) >= 11 is 0. The second kappa shape index (κ2) is 10.3. The standard InChI is InChI=1S/C28H29N5O2/c1-28(2,3)22-11-13-23(14-12-22)33(27(35)24-18-30-19-32-24)25(21-10-7-15-29-17-21)26(34)31-16-20-8-5-4-6-9-20/h4-15,17-19,25H,16H2,1-3H3,(H,30,32)(H,31,34). The van der Waals surface area contributed by atoms with Crippen molar-refractivity contribution >= 4 is 17.5 Å². The van der Waals surface area contributed by atoms with Crippen LogP contribution >= 0.6 is 0 Å². The minimum atomic E-state index is -0.947. The van der Waals surface area contributed by atoms with Crippen molar-refractivity contribution in [3.63, 3.8) is 0 Å². The number of carbonyl (C=O) groups is 2. The molecule has 2 aromatic heterocycles. The highest BCUT2D eigenvalue weighted by molar-refractivity contribution is 6.09. The summed E-state index contributed by atoms with van der Waals surface area (Å²) in [6.07, 6.45) is 6.23. The number of anilines is 1. The van der Waals surface area contributed by atoms with Crippen molar-refractivity contribution in [3.8, 4) is 0 Å². The Hall–Kier alpha value is -4.26. The third kappa shape index (κ3) is 5.63. The zero-order valence-electron chi connectivity index (χ0n) is 20.1. The molecule has 2 amide bonds. The highest BCUT2D eigenvalue weighted by atomic mass is 16.2. The van der Waals surface area contributed by atoms with Crippen LogP contribution in [0.5, 0.6) is 0 Å². The van der Waals surface area contributed by atoms with Crippen LogP contribution in [0.1, 0.15) is 54.0 Å². The number of aromatic nitrogens is 3. The highest BCUT2D eigenvalue weighted by Crippen LogP contribution is 2.31. The molecular formula is C28H29N5O2. The van der Waals surface area contributed by atoms with E-state index in [1.165, 1.54) is 17.4 Å². The number of H-pyrrole nitrogens is 1. The molecule has 0 aliphatic carbocycles. The number of nitrogens with zero attached hydrogens (tertiary/aromatic N) is 3. The summed E-state index contributed by atoms with van der Waals surface area (Å²) in [4.78, 5) is 40.1. The van der Waals surface area contributed by atoms with Crippen LogP contribution in [0.3, 0.4) is 0 Å². The van der Waals surface area contributed by atoms with E-state index in [0.717, 1.165) is 11.1 Å². The lowest BCUT2D eigenvalue weighted by atomic mass is 9.87. The third-order valence-corrected chi connectivity index (χ3v) is 5.76. The number of benzene rings is 2. The zero-order valence-corrected chi connectivity index (χ0v) is 20.1. The molecule has 4 rings (SSSR count). The highest BCUT2D eigenvalue weighted by Gasteiger charge is 2.34. The average molecular weight is 468 g/mol. The van der Waals surface area contributed by atoms with Crippen LogP contribution in [-0.2, 0) is 16.8 Å². The first-order chi connectivity index (χ1) is 16.8. The first-order valence-corrected chi connectivity index (χ1v) is 11.5. The Labute approximate surface area is 205 Å². The van der Waals surface area contributed by atoms with Gasteiger partial charge in [-0.25, -0.2) is 4.98 Å². The number of imidazole rings is 1. The van der Waals surface area contributed by atoms with Gasteiger partial charge in [-0.1, -0.05) is 69.3 Å². The summed E-state index contributed by atoms with van der Waals surface area (Å²) in [6, 6.07) is 20.0. The molecule has 35 heavy (non-hydrogen) atoms. The monoisotopic (exact) mass is 467 g/mol. The Bertz CT molecular complexity index is 1250. The quantitative estimate of drug-likeness (QED) is 0.408. The second-order valence-electron chi connectivity index (χ2n) is 9.32. The lowest BCUT2D eigenvalue weighted by molar-refractivity contribution is -0.122. The first-order valence-electron chi connectivity index (χ1n) is 11.5. The number of nitrogens with one attached hydrogen (secondary N) is 2. The van der Waals surface area contributed by atoms with Crippen LogP contribution < -0.4 is 10.2 Å². The fourth-order valence-corrected chi connectivity index (χ4v) is 3.84. The van der Waals surface area contributed by atoms with Gasteiger partial charge in [-0.15, -0.1) is 0 Å². The van der Waals surface area contributed by atoms with Crippen LogP contribution in [0.15, 0.2) is 91.6 Å². The van der Waals surface area contributed by atoms with Gasteiger partial charge in [0.25, 0.3) is 5.91 Å². The first kappa shape index (κ1) is 23.9. The van der Waals surface area contributed by atoms with Crippen molar-refractivity contribution in [3.05, 3.63) is 114 Å². The molecule has 2 aromatic carbocycles. The number of hydrogen-bond donors (Lipinski definition) is 2. The predicted molar refractivity (Wildman–Crippen MR) is 136 cm³/mol. The molecule has 0 saturated carbocycles. The molecule has 0 saturated heterocycles. The molecule has 4 aromatic rings. The van der Waals surface area contributed by atoms with Gasteiger partial charge >= 0.3 is 0 Å². The molecular weight excluding hydrogens is 438 g/mol. The molecule has 0 radical (unpaired) electrons. The van der Waals surface area contributed by atoms with Crippen LogP contribution in [-0.4, -0.2) is 26.8 Å². The zero-order chi connectivity index (χ0) is 24.8. The van der Waals surface area contributed by atoms with Gasteiger partial charge in [-0.05, 0) is 34.7 Å². The fraction of sp³-hybridized carbons (Fsp3) is 0.214. The van der Waals surface area contributed by atoms with Crippen molar-refractivity contribution in [1.82, 2.24) is 20.3 Å². The van der Waals surface area contributed by atoms with Gasteiger partial charge in [0.1, 0.15) is 11.7 Å². The molecule has 7 nitrogen and oxygen atoms in total. The van der Waals surface area contributed by atoms with E-state index in [4.69, 9.17) is 0 Å².